The Morgan fingerprint density at radius 2 is 0.952 bits per heavy atom. The smallest absolute Gasteiger partial charge is 0.127 e. The van der Waals surface area contributed by atoms with Gasteiger partial charge in [0, 0.05) is 22.3 Å². The van der Waals surface area contributed by atoms with Crippen molar-refractivity contribution in [3.8, 4) is 22.6 Å². The van der Waals surface area contributed by atoms with Crippen LogP contribution in [-0.4, -0.2) is 10.2 Å². The third-order valence-corrected chi connectivity index (χ3v) is 13.4. The van der Waals surface area contributed by atoms with Gasteiger partial charge >= 0.3 is 0 Å². The molecule has 6 rings (SSSR count). The Labute approximate surface area is 256 Å². The summed E-state index contributed by atoms with van der Waals surface area (Å²) < 4.78 is 0. The number of rotatable bonds is 3. The summed E-state index contributed by atoms with van der Waals surface area (Å²) in [6, 6.07) is 4.70. The van der Waals surface area contributed by atoms with Crippen molar-refractivity contribution < 1.29 is 10.2 Å². The first kappa shape index (κ1) is 30.1. The van der Waals surface area contributed by atoms with E-state index >= 15 is 0 Å². The number of phenols is 2. The average molecular weight is 571 g/mol. The zero-order chi connectivity index (χ0) is 30.6. The third-order valence-electron chi connectivity index (χ3n) is 13.4. The van der Waals surface area contributed by atoms with E-state index in [0.29, 0.717) is 34.2 Å². The number of hydrogen-bond donors (Lipinski definition) is 2. The van der Waals surface area contributed by atoms with Gasteiger partial charge in [0.05, 0.1) is 0 Å². The fraction of sp³-hybridized carbons (Fsp3) is 0.700. The molecule has 0 radical (unpaired) electrons. The molecule has 2 aromatic carbocycles. The quantitative estimate of drug-likeness (QED) is 0.385. The van der Waals surface area contributed by atoms with Crippen molar-refractivity contribution >= 4 is 0 Å². The van der Waals surface area contributed by atoms with Gasteiger partial charge < -0.3 is 10.2 Å². The van der Waals surface area contributed by atoms with Crippen LogP contribution in [0.1, 0.15) is 166 Å². The van der Waals surface area contributed by atoms with E-state index in [2.05, 4.69) is 81.4 Å². The van der Waals surface area contributed by atoms with E-state index in [9.17, 15) is 10.2 Å². The van der Waals surface area contributed by atoms with Crippen LogP contribution in [0.15, 0.2) is 12.1 Å². The van der Waals surface area contributed by atoms with Crippen LogP contribution in [-0.2, 0) is 23.7 Å². The Morgan fingerprint density at radius 1 is 0.595 bits per heavy atom. The molecule has 42 heavy (non-hydrogen) atoms. The van der Waals surface area contributed by atoms with Crippen LogP contribution in [0.3, 0.4) is 0 Å². The maximum atomic E-state index is 12.2. The van der Waals surface area contributed by atoms with Crippen LogP contribution in [0.4, 0.5) is 0 Å². The van der Waals surface area contributed by atoms with Crippen molar-refractivity contribution in [2.75, 3.05) is 0 Å². The lowest BCUT2D eigenvalue weighted by Crippen LogP contribution is -2.48. The SMILES string of the molecule is CC(C)c1c(O)c(-c2cc3c(c(C(C)C)c2O)CCC2C(C)(C)CCCC32C)cc2c1CCC1C(C)(C)CCCC21C. The first-order valence-corrected chi connectivity index (χ1v) is 17.3. The second-order valence-corrected chi connectivity index (χ2v) is 17.4. The van der Waals surface area contributed by atoms with E-state index in [1.54, 1.807) is 0 Å². The van der Waals surface area contributed by atoms with Crippen LogP contribution in [0.5, 0.6) is 11.5 Å². The zero-order valence-corrected chi connectivity index (χ0v) is 28.4. The molecule has 0 saturated heterocycles. The van der Waals surface area contributed by atoms with Gasteiger partial charge in [-0.2, -0.15) is 0 Å². The van der Waals surface area contributed by atoms with E-state index in [-0.39, 0.29) is 22.7 Å². The van der Waals surface area contributed by atoms with E-state index in [1.807, 2.05) is 0 Å². The largest absolute Gasteiger partial charge is 0.507 e. The lowest BCUT2D eigenvalue weighted by molar-refractivity contribution is 0.0402. The summed E-state index contributed by atoms with van der Waals surface area (Å²) in [7, 11) is 0. The summed E-state index contributed by atoms with van der Waals surface area (Å²) in [4.78, 5) is 0. The average Bonchev–Trinajstić information content (AvgIpc) is 2.86. The number of phenolic OH excluding ortho intramolecular Hbond substituents is 2. The fourth-order valence-corrected chi connectivity index (χ4v) is 11.6. The van der Waals surface area contributed by atoms with Crippen molar-refractivity contribution in [1.82, 2.24) is 0 Å². The summed E-state index contributed by atoms with van der Waals surface area (Å²) in [5.74, 6) is 2.54. The van der Waals surface area contributed by atoms with E-state index in [4.69, 9.17) is 0 Å². The second kappa shape index (κ2) is 9.77. The normalized spacial score (nSPS) is 31.3. The molecule has 2 heteroatoms. The zero-order valence-electron chi connectivity index (χ0n) is 28.4. The van der Waals surface area contributed by atoms with Crippen molar-refractivity contribution in [3.63, 3.8) is 0 Å². The fourth-order valence-electron chi connectivity index (χ4n) is 11.6. The Kier molecular flexibility index (Phi) is 7.00. The summed E-state index contributed by atoms with van der Waals surface area (Å²) in [5.41, 5.74) is 10.5. The minimum atomic E-state index is 0.0938. The first-order chi connectivity index (χ1) is 19.5. The van der Waals surface area contributed by atoms with Crippen LogP contribution < -0.4 is 0 Å². The highest BCUT2D eigenvalue weighted by atomic mass is 16.3. The molecule has 4 aliphatic carbocycles. The molecule has 0 amide bonds. The van der Waals surface area contributed by atoms with Crippen LogP contribution in [0, 0.1) is 22.7 Å². The van der Waals surface area contributed by atoms with Crippen molar-refractivity contribution in [2.45, 2.75) is 156 Å². The Morgan fingerprint density at radius 3 is 1.29 bits per heavy atom. The molecule has 0 aliphatic heterocycles. The summed E-state index contributed by atoms with van der Waals surface area (Å²) in [6.07, 6.45) is 12.0. The highest BCUT2D eigenvalue weighted by Gasteiger charge is 2.52. The molecule has 2 nitrogen and oxygen atoms in total. The van der Waals surface area contributed by atoms with Crippen LogP contribution >= 0.6 is 0 Å². The molecule has 2 fully saturated rings. The second-order valence-electron chi connectivity index (χ2n) is 17.4. The number of aromatic hydroxyl groups is 2. The van der Waals surface area contributed by atoms with Crippen LogP contribution in [0.2, 0.25) is 0 Å². The highest BCUT2D eigenvalue weighted by Crippen LogP contribution is 2.62. The van der Waals surface area contributed by atoms with Crippen molar-refractivity contribution in [3.05, 3.63) is 45.5 Å². The molecule has 0 spiro atoms. The van der Waals surface area contributed by atoms with Gasteiger partial charge in [-0.05, 0) is 131 Å². The van der Waals surface area contributed by atoms with Gasteiger partial charge in [-0.25, -0.2) is 0 Å². The molecular weight excluding hydrogens is 512 g/mol. The maximum Gasteiger partial charge on any atom is 0.127 e. The van der Waals surface area contributed by atoms with Gasteiger partial charge in [-0.15, -0.1) is 0 Å². The van der Waals surface area contributed by atoms with Gasteiger partial charge in [0.2, 0.25) is 0 Å². The molecule has 4 aliphatic rings. The third kappa shape index (κ3) is 4.16. The number of hydrogen-bond acceptors (Lipinski definition) is 2. The lowest BCUT2D eigenvalue weighted by Gasteiger charge is -2.55. The molecule has 0 bridgehead atoms. The van der Waals surface area contributed by atoms with E-state index < -0.39 is 0 Å². The predicted octanol–water partition coefficient (Wildman–Crippen LogP) is 11.1. The predicted molar refractivity (Wildman–Crippen MR) is 177 cm³/mol. The Bertz CT molecular complexity index is 1300. The van der Waals surface area contributed by atoms with Gasteiger partial charge in [0.15, 0.2) is 0 Å². The van der Waals surface area contributed by atoms with Crippen LogP contribution in [0.25, 0.3) is 11.1 Å². The monoisotopic (exact) mass is 570 g/mol. The molecule has 2 N–H and O–H groups in total. The van der Waals surface area contributed by atoms with Gasteiger partial charge in [-0.3, -0.25) is 0 Å². The molecule has 4 atom stereocenters. The summed E-state index contributed by atoms with van der Waals surface area (Å²) >= 11 is 0. The highest BCUT2D eigenvalue weighted by molar-refractivity contribution is 5.82. The molecule has 0 aromatic heterocycles. The van der Waals surface area contributed by atoms with E-state index in [0.717, 1.165) is 35.1 Å². The van der Waals surface area contributed by atoms with Gasteiger partial charge in [0.1, 0.15) is 11.5 Å². The standard InChI is InChI=1S/C40H58O2/c1-23(2)33-25-13-15-31-37(5,6)17-11-19-39(31,9)29(25)21-27(35(33)41)28-22-30-26(34(24(3)4)36(28)42)14-16-32-38(7,8)18-12-20-40(30,32)10/h21-24,31-32,41-42H,11-20H2,1-10H3. The molecule has 4 unspecified atom stereocenters. The molecule has 230 valence electrons. The van der Waals surface area contributed by atoms with Crippen molar-refractivity contribution in [2.24, 2.45) is 22.7 Å². The van der Waals surface area contributed by atoms with E-state index in [1.165, 1.54) is 73.6 Å². The Balaban J connectivity index is 1.64. The minimum Gasteiger partial charge on any atom is -0.507 e. The first-order valence-electron chi connectivity index (χ1n) is 17.3. The minimum absolute atomic E-state index is 0.0938. The van der Waals surface area contributed by atoms with Gasteiger partial charge in [-0.1, -0.05) is 82.1 Å². The Hall–Kier alpha value is -1.96. The topological polar surface area (TPSA) is 40.5 Å². The maximum absolute atomic E-state index is 12.2. The number of fused-ring (bicyclic) bond motifs is 6. The molecule has 2 saturated carbocycles. The summed E-state index contributed by atoms with van der Waals surface area (Å²) in [5, 5.41) is 24.4. The van der Waals surface area contributed by atoms with Gasteiger partial charge in [0.25, 0.3) is 0 Å². The molecular formula is C40H58O2. The summed E-state index contributed by atoms with van der Waals surface area (Å²) in [6.45, 7) is 23.9. The molecule has 2 aromatic rings. The lowest BCUT2D eigenvalue weighted by atomic mass is 9.49. The molecule has 0 heterocycles. The number of benzene rings is 2. The van der Waals surface area contributed by atoms with Crippen molar-refractivity contribution in [1.29, 1.82) is 0 Å².